The van der Waals surface area contributed by atoms with E-state index in [4.69, 9.17) is 6.42 Å². The predicted octanol–water partition coefficient (Wildman–Crippen LogP) is 1.40. The Hall–Kier alpha value is -0.350. The molecule has 0 spiro atoms. The van der Waals surface area contributed by atoms with Crippen LogP contribution < -0.4 is 0 Å². The maximum absolute atomic E-state index is 4.89. The van der Waals surface area contributed by atoms with Gasteiger partial charge in [0.25, 0.3) is 0 Å². The van der Waals surface area contributed by atoms with Gasteiger partial charge in [-0.2, -0.15) is 0 Å². The van der Waals surface area contributed by atoms with Crippen LogP contribution in [0.3, 0.4) is 0 Å². The van der Waals surface area contributed by atoms with Gasteiger partial charge in [-0.3, -0.25) is 0 Å². The van der Waals surface area contributed by atoms with E-state index in [9.17, 15) is 0 Å². The summed E-state index contributed by atoms with van der Waals surface area (Å²) >= 11 is 4.62. The highest BCUT2D eigenvalue weighted by molar-refractivity contribution is 7.80. The molecular weight excluding hydrogens is 92.1 g/mol. The Bertz CT molecular complexity index is 86.6. The third-order valence-electron chi connectivity index (χ3n) is 0.482. The second-order valence-corrected chi connectivity index (χ2v) is 1.41. The van der Waals surface area contributed by atoms with Gasteiger partial charge in [-0.15, -0.1) is 6.42 Å². The second-order valence-electron chi connectivity index (χ2n) is 0.921. The third-order valence-corrected chi connectivity index (χ3v) is 0.889. The van der Waals surface area contributed by atoms with Crippen LogP contribution in [-0.4, -0.2) is 4.86 Å². The Balaban J connectivity index is 3.33. The number of hydrogen-bond acceptors (Lipinski definition) is 1. The summed E-state index contributed by atoms with van der Waals surface area (Å²) in [6.45, 7) is 1.95. The molecule has 0 aliphatic carbocycles. The van der Waals surface area contributed by atoms with Gasteiger partial charge in [0.15, 0.2) is 0 Å². The monoisotopic (exact) mass is 98.0 g/mol. The lowest BCUT2D eigenvalue weighted by Crippen LogP contribution is -1.80. The van der Waals surface area contributed by atoms with Crippen molar-refractivity contribution in [1.82, 2.24) is 0 Å². The van der Waals surface area contributed by atoms with Crippen LogP contribution in [-0.2, 0) is 0 Å². The molecule has 0 N–H and O–H groups in total. The highest BCUT2D eigenvalue weighted by Gasteiger charge is 1.76. The maximum Gasteiger partial charge on any atom is 0.0643 e. The second kappa shape index (κ2) is 2.87. The molecule has 0 aromatic heterocycles. The summed E-state index contributed by atoms with van der Waals surface area (Å²) in [5.41, 5.74) is 0. The molecule has 1 heteroatoms. The molecule has 0 saturated heterocycles. The van der Waals surface area contributed by atoms with Gasteiger partial charge in [-0.25, -0.2) is 0 Å². The van der Waals surface area contributed by atoms with Crippen molar-refractivity contribution in [3.05, 3.63) is 0 Å². The zero-order valence-corrected chi connectivity index (χ0v) is 4.51. The van der Waals surface area contributed by atoms with Gasteiger partial charge >= 0.3 is 0 Å². The van der Waals surface area contributed by atoms with Crippen molar-refractivity contribution in [2.45, 2.75) is 13.3 Å². The molecule has 0 bridgehead atoms. The minimum Gasteiger partial charge on any atom is -0.114 e. The largest absolute Gasteiger partial charge is 0.114 e. The van der Waals surface area contributed by atoms with Crippen molar-refractivity contribution in [3.8, 4) is 12.3 Å². The summed E-state index contributed by atoms with van der Waals surface area (Å²) in [4.78, 5) is 0.704. The first-order chi connectivity index (χ1) is 2.81. The van der Waals surface area contributed by atoms with Crippen LogP contribution in [0.1, 0.15) is 13.3 Å². The summed E-state index contributed by atoms with van der Waals surface area (Å²) < 4.78 is 0. The molecule has 0 radical (unpaired) electrons. The highest BCUT2D eigenvalue weighted by Crippen LogP contribution is 1.78. The van der Waals surface area contributed by atoms with Crippen LogP contribution in [0.15, 0.2) is 0 Å². The van der Waals surface area contributed by atoms with Gasteiger partial charge in [0.2, 0.25) is 0 Å². The summed E-state index contributed by atoms with van der Waals surface area (Å²) in [6, 6.07) is 0. The first-order valence-electron chi connectivity index (χ1n) is 1.80. The smallest absolute Gasteiger partial charge is 0.0643 e. The summed E-state index contributed by atoms with van der Waals surface area (Å²) in [5.74, 6) is 2.35. The molecule has 0 nitrogen and oxygen atoms in total. The SMILES string of the molecule is C#CC(=S)CC. The van der Waals surface area contributed by atoms with Crippen molar-refractivity contribution in [1.29, 1.82) is 0 Å². The minimum atomic E-state index is 0.704. The third kappa shape index (κ3) is 1.92. The average Bonchev–Trinajstić information content (AvgIpc) is 1.65. The van der Waals surface area contributed by atoms with Crippen LogP contribution in [0.4, 0.5) is 0 Å². The number of rotatable bonds is 1. The standard InChI is InChI=1S/C5H6S/c1-3-5(6)4-2/h1H,4H2,2H3. The first kappa shape index (κ1) is 5.65. The Morgan fingerprint density at radius 2 is 2.50 bits per heavy atom. The fraction of sp³-hybridized carbons (Fsp3) is 0.400. The number of thiocarbonyl (C=S) groups is 1. The zero-order chi connectivity index (χ0) is 4.99. The quantitative estimate of drug-likeness (QED) is 0.353. The Kier molecular flexibility index (Phi) is 2.70. The fourth-order valence-electron chi connectivity index (χ4n) is 0.102. The summed E-state index contributed by atoms with van der Waals surface area (Å²) in [7, 11) is 0. The normalized spacial score (nSPS) is 6.67. The molecule has 6 heavy (non-hydrogen) atoms. The van der Waals surface area contributed by atoms with Gasteiger partial charge in [-0.1, -0.05) is 25.1 Å². The maximum atomic E-state index is 4.89. The number of terminal acetylenes is 1. The van der Waals surface area contributed by atoms with Gasteiger partial charge in [0.05, 0.1) is 4.86 Å². The lowest BCUT2D eigenvalue weighted by molar-refractivity contribution is 1.33. The van der Waals surface area contributed by atoms with Crippen LogP contribution >= 0.6 is 12.2 Å². The van der Waals surface area contributed by atoms with E-state index in [1.807, 2.05) is 6.92 Å². The van der Waals surface area contributed by atoms with Gasteiger partial charge in [0, 0.05) is 0 Å². The van der Waals surface area contributed by atoms with E-state index in [-0.39, 0.29) is 0 Å². The van der Waals surface area contributed by atoms with Crippen LogP contribution in [0, 0.1) is 12.3 Å². The van der Waals surface area contributed by atoms with Crippen molar-refractivity contribution >= 4 is 17.1 Å². The number of hydrogen-bond donors (Lipinski definition) is 0. The van der Waals surface area contributed by atoms with Crippen LogP contribution in [0.2, 0.25) is 0 Å². The molecule has 0 fully saturated rings. The van der Waals surface area contributed by atoms with Gasteiger partial charge in [0.1, 0.15) is 0 Å². The lowest BCUT2D eigenvalue weighted by Gasteiger charge is -1.76. The zero-order valence-electron chi connectivity index (χ0n) is 3.69. The Morgan fingerprint density at radius 1 is 2.00 bits per heavy atom. The van der Waals surface area contributed by atoms with Crippen LogP contribution in [0.5, 0.6) is 0 Å². The lowest BCUT2D eigenvalue weighted by atomic mass is 10.4. The van der Waals surface area contributed by atoms with E-state index in [1.54, 1.807) is 0 Å². The average molecular weight is 98.2 g/mol. The molecule has 0 unspecified atom stereocenters. The van der Waals surface area contributed by atoms with Crippen molar-refractivity contribution in [3.63, 3.8) is 0 Å². The van der Waals surface area contributed by atoms with E-state index in [0.717, 1.165) is 6.42 Å². The molecule has 32 valence electrons. The molecule has 0 saturated carbocycles. The van der Waals surface area contributed by atoms with E-state index in [0.29, 0.717) is 4.86 Å². The Morgan fingerprint density at radius 3 is 2.50 bits per heavy atom. The first-order valence-corrected chi connectivity index (χ1v) is 2.21. The molecule has 0 rings (SSSR count). The molecule has 0 aromatic rings. The predicted molar refractivity (Wildman–Crippen MR) is 31.7 cm³/mol. The van der Waals surface area contributed by atoms with E-state index < -0.39 is 0 Å². The van der Waals surface area contributed by atoms with Crippen molar-refractivity contribution in [2.75, 3.05) is 0 Å². The summed E-state index contributed by atoms with van der Waals surface area (Å²) in [5, 5.41) is 0. The molecule has 0 atom stereocenters. The van der Waals surface area contributed by atoms with Gasteiger partial charge < -0.3 is 0 Å². The van der Waals surface area contributed by atoms with Crippen molar-refractivity contribution < 1.29 is 0 Å². The molecular formula is C5H6S. The van der Waals surface area contributed by atoms with E-state index in [2.05, 4.69) is 18.1 Å². The van der Waals surface area contributed by atoms with Gasteiger partial charge in [-0.05, 0) is 6.42 Å². The topological polar surface area (TPSA) is 0 Å². The molecule has 0 aromatic carbocycles. The van der Waals surface area contributed by atoms with Crippen LogP contribution in [0.25, 0.3) is 0 Å². The molecule has 0 heterocycles. The van der Waals surface area contributed by atoms with E-state index in [1.165, 1.54) is 0 Å². The Labute approximate surface area is 43.6 Å². The van der Waals surface area contributed by atoms with E-state index >= 15 is 0 Å². The molecule has 0 amide bonds. The molecule has 0 aliphatic heterocycles. The summed E-state index contributed by atoms with van der Waals surface area (Å²) in [6.07, 6.45) is 5.72. The highest BCUT2D eigenvalue weighted by atomic mass is 32.1. The fourth-order valence-corrected chi connectivity index (χ4v) is 0.102. The van der Waals surface area contributed by atoms with Crippen molar-refractivity contribution in [2.24, 2.45) is 0 Å². The molecule has 0 aliphatic rings. The minimum absolute atomic E-state index is 0.704.